The zero-order valence-corrected chi connectivity index (χ0v) is 30.7. The molecule has 0 spiro atoms. The van der Waals surface area contributed by atoms with Gasteiger partial charge < -0.3 is 19.9 Å². The van der Waals surface area contributed by atoms with Crippen molar-refractivity contribution in [2.24, 2.45) is 0 Å². The summed E-state index contributed by atoms with van der Waals surface area (Å²) in [6.07, 6.45) is 0.213. The Morgan fingerprint density at radius 3 is 2.31 bits per heavy atom. The maximum absolute atomic E-state index is 13.5. The quantitative estimate of drug-likeness (QED) is 0.307. The van der Waals surface area contributed by atoms with E-state index in [0.29, 0.717) is 43.2 Å². The number of anilines is 2. The number of hydrogen-bond donors (Lipinski definition) is 2. The monoisotopic (exact) mass is 782 g/mol. The van der Waals surface area contributed by atoms with Crippen LogP contribution in [0.25, 0.3) is 0 Å². The second kappa shape index (κ2) is 14.7. The highest BCUT2D eigenvalue weighted by Crippen LogP contribution is 2.34. The Kier molecular flexibility index (Phi) is 9.92. The van der Waals surface area contributed by atoms with E-state index in [2.05, 4.69) is 30.4 Å². The highest BCUT2D eigenvalue weighted by Gasteiger charge is 2.40. The van der Waals surface area contributed by atoms with Gasteiger partial charge in [-0.2, -0.15) is 17.5 Å². The van der Waals surface area contributed by atoms with Crippen LogP contribution < -0.4 is 20.3 Å². The zero-order valence-electron chi connectivity index (χ0n) is 29.9. The first kappa shape index (κ1) is 37.1. The molecule has 55 heavy (non-hydrogen) atoms. The van der Waals surface area contributed by atoms with E-state index in [1.807, 2.05) is 18.2 Å². The number of rotatable bonds is 9. The lowest BCUT2D eigenvalue weighted by molar-refractivity contribution is -0.138. The number of piperidine rings is 3. The molecular formula is C37H41F3N8O6S. The normalized spacial score (nSPS) is 22.4. The van der Waals surface area contributed by atoms with Crippen LogP contribution in [0, 0.1) is 0 Å². The first-order valence-corrected chi connectivity index (χ1v) is 19.9. The number of imide groups is 1. The number of carbonyl (C=O) groups excluding carboxylic acids is 3. The number of benzene rings is 2. The molecule has 2 aromatic carbocycles. The van der Waals surface area contributed by atoms with Gasteiger partial charge in [-0.1, -0.05) is 6.07 Å². The number of likely N-dealkylation sites (tertiary alicyclic amines) is 1. The first-order chi connectivity index (χ1) is 26.3. The van der Waals surface area contributed by atoms with Gasteiger partial charge in [-0.05, 0) is 68.0 Å². The van der Waals surface area contributed by atoms with Crippen LogP contribution in [0.1, 0.15) is 60.0 Å². The average Bonchev–Trinajstić information content (AvgIpc) is 3.48. The molecule has 14 nitrogen and oxygen atoms in total. The van der Waals surface area contributed by atoms with Crippen LogP contribution in [0.5, 0.6) is 5.75 Å². The van der Waals surface area contributed by atoms with Crippen LogP contribution in [0.15, 0.2) is 59.8 Å². The molecule has 1 atom stereocenters. The summed E-state index contributed by atoms with van der Waals surface area (Å²) < 4.78 is 73.1. The number of nitrogens with zero attached hydrogens (tertiary/aromatic N) is 6. The minimum atomic E-state index is -4.52. The molecule has 0 saturated carbocycles. The summed E-state index contributed by atoms with van der Waals surface area (Å²) in [6, 6.07) is 12.0. The van der Waals surface area contributed by atoms with E-state index >= 15 is 0 Å². The van der Waals surface area contributed by atoms with Crippen molar-refractivity contribution in [3.8, 4) is 5.75 Å². The van der Waals surface area contributed by atoms with Crippen molar-refractivity contribution in [3.05, 3.63) is 71.5 Å². The fraction of sp³-hybridized carbons (Fsp3) is 0.486. The number of amides is 3. The fourth-order valence-electron chi connectivity index (χ4n) is 8.11. The van der Waals surface area contributed by atoms with Gasteiger partial charge in [0, 0.05) is 94.0 Å². The van der Waals surface area contributed by atoms with Gasteiger partial charge in [0.15, 0.2) is 0 Å². The maximum atomic E-state index is 13.5. The number of fused-ring (bicyclic) bond motifs is 1. The van der Waals surface area contributed by atoms with Crippen LogP contribution in [-0.2, 0) is 32.3 Å². The van der Waals surface area contributed by atoms with Crippen molar-refractivity contribution in [1.82, 2.24) is 29.4 Å². The summed E-state index contributed by atoms with van der Waals surface area (Å²) in [4.78, 5) is 51.0. The average molecular weight is 783 g/mol. The molecule has 0 radical (unpaired) electrons. The molecule has 1 aromatic heterocycles. The molecule has 4 fully saturated rings. The van der Waals surface area contributed by atoms with Gasteiger partial charge in [0.2, 0.25) is 27.8 Å². The highest BCUT2D eigenvalue weighted by atomic mass is 32.2. The summed E-state index contributed by atoms with van der Waals surface area (Å²) in [5.41, 5.74) is 1.60. The van der Waals surface area contributed by atoms with Crippen molar-refractivity contribution in [2.45, 2.75) is 80.4 Å². The third-order valence-electron chi connectivity index (χ3n) is 11.2. The number of hydrogen-bond acceptors (Lipinski definition) is 11. The third-order valence-corrected chi connectivity index (χ3v) is 13.1. The summed E-state index contributed by atoms with van der Waals surface area (Å²) in [5.74, 6) is -0.349. The predicted molar refractivity (Wildman–Crippen MR) is 193 cm³/mol. The molecule has 3 amide bonds. The van der Waals surface area contributed by atoms with Crippen LogP contribution in [-0.4, -0.2) is 114 Å². The first-order valence-electron chi connectivity index (χ1n) is 18.5. The Balaban J connectivity index is 0.787. The Bertz CT molecular complexity index is 2070. The standard InChI is InChI=1S/C37H41F3N8O6S/c38-37(39,40)24-18-41-36(42-19-24)43-25-8-14-47(15-9-25)55(52,53)30-3-1-2-28(17-30)54-29-21-46(22-29)26-10-12-45(13-11-26)27-4-5-31-23(16-27)20-48(35(31)51)32-6-7-33(49)44-34(32)50/h1-5,16-19,25-26,29,32H,6-15,20-22H2,(H,41,42,43)(H,44,49,50). The molecule has 6 heterocycles. The van der Waals surface area contributed by atoms with Crippen molar-refractivity contribution in [2.75, 3.05) is 49.5 Å². The molecular weight excluding hydrogens is 742 g/mol. The summed E-state index contributed by atoms with van der Waals surface area (Å²) in [5, 5.41) is 5.35. The topological polar surface area (TPSA) is 157 Å². The Labute approximate surface area is 316 Å². The van der Waals surface area contributed by atoms with Gasteiger partial charge >= 0.3 is 6.18 Å². The number of alkyl halides is 3. The van der Waals surface area contributed by atoms with E-state index in [0.717, 1.165) is 62.7 Å². The lowest BCUT2D eigenvalue weighted by Crippen LogP contribution is -2.59. The van der Waals surface area contributed by atoms with Gasteiger partial charge in [-0.25, -0.2) is 18.4 Å². The minimum absolute atomic E-state index is 0.0632. The SMILES string of the molecule is O=C1CCC(N2Cc3cc(N4CCC(N5CC(Oc6cccc(S(=O)(=O)N7CCC(Nc8ncc(C(F)(F)F)cn8)CC7)c6)C5)CC4)ccc3C2=O)C(=O)N1. The van der Waals surface area contributed by atoms with Crippen molar-refractivity contribution >= 4 is 39.4 Å². The number of nitrogens with one attached hydrogen (secondary N) is 2. The van der Waals surface area contributed by atoms with Gasteiger partial charge in [-0.3, -0.25) is 24.6 Å². The number of aromatic nitrogens is 2. The summed E-state index contributed by atoms with van der Waals surface area (Å²) in [7, 11) is -3.79. The lowest BCUT2D eigenvalue weighted by atomic mass is 9.97. The largest absolute Gasteiger partial charge is 0.488 e. The maximum Gasteiger partial charge on any atom is 0.419 e. The minimum Gasteiger partial charge on any atom is -0.488 e. The molecule has 4 saturated heterocycles. The molecule has 8 rings (SSSR count). The Hall–Kier alpha value is -4.81. The van der Waals surface area contributed by atoms with Gasteiger partial charge in [0.25, 0.3) is 5.91 Å². The van der Waals surface area contributed by atoms with E-state index < -0.39 is 33.7 Å². The van der Waals surface area contributed by atoms with Crippen molar-refractivity contribution < 1.29 is 40.7 Å². The van der Waals surface area contributed by atoms with E-state index in [9.17, 15) is 36.0 Å². The number of halogens is 3. The molecule has 2 N–H and O–H groups in total. The molecule has 18 heteroatoms. The number of ether oxygens (including phenoxy) is 1. The number of carbonyl (C=O) groups is 3. The highest BCUT2D eigenvalue weighted by molar-refractivity contribution is 7.89. The predicted octanol–water partition coefficient (Wildman–Crippen LogP) is 3.25. The van der Waals surface area contributed by atoms with Crippen LogP contribution in [0.4, 0.5) is 24.8 Å². The van der Waals surface area contributed by atoms with Crippen LogP contribution in [0.2, 0.25) is 0 Å². The molecule has 5 aliphatic rings. The van der Waals surface area contributed by atoms with Crippen LogP contribution >= 0.6 is 0 Å². The van der Waals surface area contributed by atoms with Gasteiger partial charge in [-0.15, -0.1) is 0 Å². The smallest absolute Gasteiger partial charge is 0.419 e. The van der Waals surface area contributed by atoms with Gasteiger partial charge in [0.1, 0.15) is 17.9 Å². The molecule has 3 aromatic rings. The second-order valence-corrected chi connectivity index (χ2v) is 16.7. The number of sulfonamides is 1. The van der Waals surface area contributed by atoms with E-state index in [4.69, 9.17) is 4.74 Å². The van der Waals surface area contributed by atoms with Crippen molar-refractivity contribution in [1.29, 1.82) is 0 Å². The molecule has 0 bridgehead atoms. The Morgan fingerprint density at radius 2 is 1.62 bits per heavy atom. The zero-order chi connectivity index (χ0) is 38.5. The molecule has 292 valence electrons. The Morgan fingerprint density at radius 1 is 0.891 bits per heavy atom. The van der Waals surface area contributed by atoms with Crippen LogP contribution in [0.3, 0.4) is 0 Å². The third kappa shape index (κ3) is 7.71. The lowest BCUT2D eigenvalue weighted by Gasteiger charge is -2.47. The summed E-state index contributed by atoms with van der Waals surface area (Å²) in [6.45, 7) is 4.00. The van der Waals surface area contributed by atoms with E-state index in [1.165, 1.54) is 4.31 Å². The van der Waals surface area contributed by atoms with Gasteiger partial charge in [0.05, 0.1) is 10.5 Å². The van der Waals surface area contributed by atoms with Crippen molar-refractivity contribution in [3.63, 3.8) is 0 Å². The molecule has 1 unspecified atom stereocenters. The second-order valence-electron chi connectivity index (χ2n) is 14.7. The fourth-order valence-corrected chi connectivity index (χ4v) is 9.62. The molecule has 0 aliphatic carbocycles. The van der Waals surface area contributed by atoms with E-state index in [1.54, 1.807) is 29.2 Å². The van der Waals surface area contributed by atoms with E-state index in [-0.39, 0.29) is 54.3 Å². The summed E-state index contributed by atoms with van der Waals surface area (Å²) >= 11 is 0. The molecule has 5 aliphatic heterocycles.